The lowest BCUT2D eigenvalue weighted by Crippen LogP contribution is -2.30. The van der Waals surface area contributed by atoms with Crippen molar-refractivity contribution in [2.45, 2.75) is 271 Å². The highest BCUT2D eigenvalue weighted by Crippen LogP contribution is 2.14. The van der Waals surface area contributed by atoms with Crippen LogP contribution in [0.15, 0.2) is 72.9 Å². The molecule has 0 aromatic rings. The zero-order valence-corrected chi connectivity index (χ0v) is 42.5. The topological polar surface area (TPSA) is 61.8 Å². The second-order valence-electron chi connectivity index (χ2n) is 18.1. The average Bonchev–Trinajstić information content (AvgIpc) is 3.30. The van der Waals surface area contributed by atoms with Gasteiger partial charge < -0.3 is 14.2 Å². The third-order valence-electron chi connectivity index (χ3n) is 11.7. The van der Waals surface area contributed by atoms with Gasteiger partial charge in [-0.05, 0) is 109 Å². The highest BCUT2D eigenvalue weighted by Gasteiger charge is 2.17. The van der Waals surface area contributed by atoms with Crippen LogP contribution in [0.1, 0.15) is 265 Å². The molecule has 5 nitrogen and oxygen atoms in total. The fraction of sp³-hybridized carbons (Fsp3) is 0.763. The minimum absolute atomic E-state index is 0.0711. The summed E-state index contributed by atoms with van der Waals surface area (Å²) in [5.74, 6) is -0.418. The summed E-state index contributed by atoms with van der Waals surface area (Å²) in [4.78, 5) is 25.5. The second-order valence-corrected chi connectivity index (χ2v) is 18.1. The predicted molar refractivity (Wildman–Crippen MR) is 279 cm³/mol. The number of esters is 2. The number of carbonyl (C=O) groups is 2. The Bertz CT molecular complexity index is 1150. The minimum atomic E-state index is -0.553. The molecular formula is C59H104O5. The van der Waals surface area contributed by atoms with Crippen LogP contribution in [0.4, 0.5) is 0 Å². The molecule has 370 valence electrons. The summed E-state index contributed by atoms with van der Waals surface area (Å²) in [6, 6.07) is 0. The molecule has 0 saturated heterocycles. The van der Waals surface area contributed by atoms with Crippen LogP contribution in [-0.4, -0.2) is 37.9 Å². The Hall–Kier alpha value is -2.66. The molecule has 1 atom stereocenters. The van der Waals surface area contributed by atoms with Gasteiger partial charge in [-0.25, -0.2) is 0 Å². The lowest BCUT2D eigenvalue weighted by molar-refractivity contribution is -0.163. The van der Waals surface area contributed by atoms with Crippen molar-refractivity contribution in [1.29, 1.82) is 0 Å². The van der Waals surface area contributed by atoms with Gasteiger partial charge in [0.25, 0.3) is 0 Å². The van der Waals surface area contributed by atoms with Gasteiger partial charge in [-0.2, -0.15) is 0 Å². The zero-order chi connectivity index (χ0) is 46.3. The molecule has 0 amide bonds. The monoisotopic (exact) mass is 893 g/mol. The van der Waals surface area contributed by atoms with E-state index in [1.807, 2.05) is 0 Å². The number of unbranched alkanes of at least 4 members (excludes halogenated alkanes) is 27. The number of carbonyl (C=O) groups excluding carboxylic acids is 2. The largest absolute Gasteiger partial charge is 0.462 e. The summed E-state index contributed by atoms with van der Waals surface area (Å²) < 4.78 is 17.4. The van der Waals surface area contributed by atoms with Gasteiger partial charge >= 0.3 is 11.9 Å². The average molecular weight is 893 g/mol. The molecule has 0 aliphatic heterocycles. The number of allylic oxidation sites excluding steroid dienone is 12. The van der Waals surface area contributed by atoms with Gasteiger partial charge in [-0.1, -0.05) is 216 Å². The second kappa shape index (κ2) is 54.7. The van der Waals surface area contributed by atoms with E-state index in [0.717, 1.165) is 89.9 Å². The number of hydrogen-bond acceptors (Lipinski definition) is 5. The standard InChI is InChI=1S/C59H104O5/c1-4-7-10-13-16-19-22-25-28-30-32-34-37-40-43-46-49-52-58(60)63-56-57(55-62-54-51-48-45-42-39-36-33-29-26-23-20-17-14-11-8-5-2)64-59(61)53-50-47-44-41-38-35-31-27-24-21-18-15-12-9-6-3/h8,11,16-17,19-20,25-29,31,57H,4-7,9-10,12-15,18,21-24,30,32-56H2,1-3H3/b11-8-,19-16-,20-17-,28-25-,29-26-,31-27-. The third-order valence-corrected chi connectivity index (χ3v) is 11.7. The SMILES string of the molecule is CC/C=C\C/C=C\C/C=C\CCCCCCCCOCC(COC(=O)CCCCCCCCC/C=C\C/C=C\CCCCC)OC(=O)CCCCCCC/C=C\CCCCCCCC. The summed E-state index contributed by atoms with van der Waals surface area (Å²) in [5.41, 5.74) is 0. The Morgan fingerprint density at radius 3 is 1.17 bits per heavy atom. The minimum Gasteiger partial charge on any atom is -0.462 e. The molecule has 5 heteroatoms. The maximum atomic E-state index is 12.8. The molecule has 0 saturated carbocycles. The zero-order valence-electron chi connectivity index (χ0n) is 42.5. The van der Waals surface area contributed by atoms with E-state index in [-0.39, 0.29) is 25.2 Å². The van der Waals surface area contributed by atoms with Gasteiger partial charge in [0, 0.05) is 19.4 Å². The van der Waals surface area contributed by atoms with Gasteiger partial charge in [0.1, 0.15) is 6.61 Å². The molecule has 0 spiro atoms. The number of rotatable bonds is 50. The van der Waals surface area contributed by atoms with E-state index in [2.05, 4.69) is 93.7 Å². The van der Waals surface area contributed by atoms with Crippen molar-refractivity contribution in [3.63, 3.8) is 0 Å². The first-order chi connectivity index (χ1) is 31.6. The molecule has 0 rings (SSSR count). The van der Waals surface area contributed by atoms with Crippen LogP contribution in [0.25, 0.3) is 0 Å². The van der Waals surface area contributed by atoms with E-state index in [1.165, 1.54) is 141 Å². The maximum Gasteiger partial charge on any atom is 0.306 e. The van der Waals surface area contributed by atoms with Crippen LogP contribution in [-0.2, 0) is 23.8 Å². The van der Waals surface area contributed by atoms with E-state index < -0.39 is 6.10 Å². The van der Waals surface area contributed by atoms with Crippen LogP contribution in [0.2, 0.25) is 0 Å². The molecule has 0 aromatic carbocycles. The summed E-state index contributed by atoms with van der Waals surface area (Å²) in [6.45, 7) is 7.66. The first-order valence-corrected chi connectivity index (χ1v) is 27.5. The number of hydrogen-bond donors (Lipinski definition) is 0. The van der Waals surface area contributed by atoms with Gasteiger partial charge in [-0.15, -0.1) is 0 Å². The normalized spacial score (nSPS) is 12.7. The van der Waals surface area contributed by atoms with Crippen molar-refractivity contribution in [2.24, 2.45) is 0 Å². The molecular weight excluding hydrogens is 789 g/mol. The Morgan fingerprint density at radius 1 is 0.359 bits per heavy atom. The molecule has 0 aliphatic carbocycles. The van der Waals surface area contributed by atoms with Crippen LogP contribution in [0, 0.1) is 0 Å². The first kappa shape index (κ1) is 61.3. The van der Waals surface area contributed by atoms with Gasteiger partial charge in [-0.3, -0.25) is 9.59 Å². The molecule has 0 heterocycles. The molecule has 0 aliphatic rings. The van der Waals surface area contributed by atoms with Crippen LogP contribution in [0.5, 0.6) is 0 Å². The Balaban J connectivity index is 4.31. The third kappa shape index (κ3) is 52.0. The van der Waals surface area contributed by atoms with Crippen LogP contribution in [0.3, 0.4) is 0 Å². The van der Waals surface area contributed by atoms with E-state index in [4.69, 9.17) is 14.2 Å². The van der Waals surface area contributed by atoms with Crippen molar-refractivity contribution in [1.82, 2.24) is 0 Å². The summed E-state index contributed by atoms with van der Waals surface area (Å²) in [5, 5.41) is 0. The summed E-state index contributed by atoms with van der Waals surface area (Å²) in [6.07, 6.45) is 70.5. The van der Waals surface area contributed by atoms with Crippen LogP contribution >= 0.6 is 0 Å². The van der Waals surface area contributed by atoms with Crippen molar-refractivity contribution < 1.29 is 23.8 Å². The molecule has 0 N–H and O–H groups in total. The smallest absolute Gasteiger partial charge is 0.306 e. The van der Waals surface area contributed by atoms with E-state index in [9.17, 15) is 9.59 Å². The van der Waals surface area contributed by atoms with Crippen LogP contribution < -0.4 is 0 Å². The fourth-order valence-electron chi connectivity index (χ4n) is 7.61. The lowest BCUT2D eigenvalue weighted by Gasteiger charge is -2.18. The highest BCUT2D eigenvalue weighted by molar-refractivity contribution is 5.70. The Labute approximate surface area is 397 Å². The summed E-state index contributed by atoms with van der Waals surface area (Å²) in [7, 11) is 0. The fourth-order valence-corrected chi connectivity index (χ4v) is 7.61. The van der Waals surface area contributed by atoms with Crippen molar-refractivity contribution >= 4 is 11.9 Å². The van der Waals surface area contributed by atoms with Gasteiger partial charge in [0.2, 0.25) is 0 Å². The highest BCUT2D eigenvalue weighted by atomic mass is 16.6. The predicted octanol–water partition coefficient (Wildman–Crippen LogP) is 18.7. The molecule has 1 unspecified atom stereocenters. The maximum absolute atomic E-state index is 12.8. The van der Waals surface area contributed by atoms with Crippen molar-refractivity contribution in [2.75, 3.05) is 19.8 Å². The first-order valence-electron chi connectivity index (χ1n) is 27.5. The lowest BCUT2D eigenvalue weighted by atomic mass is 10.1. The summed E-state index contributed by atoms with van der Waals surface area (Å²) >= 11 is 0. The van der Waals surface area contributed by atoms with Gasteiger partial charge in [0.05, 0.1) is 6.61 Å². The quantitative estimate of drug-likeness (QED) is 0.0346. The van der Waals surface area contributed by atoms with Gasteiger partial charge in [0.15, 0.2) is 6.10 Å². The number of ether oxygens (including phenoxy) is 3. The van der Waals surface area contributed by atoms with E-state index in [1.54, 1.807) is 0 Å². The Morgan fingerprint density at radius 2 is 0.703 bits per heavy atom. The van der Waals surface area contributed by atoms with Crippen molar-refractivity contribution in [3.05, 3.63) is 72.9 Å². The van der Waals surface area contributed by atoms with E-state index in [0.29, 0.717) is 19.4 Å². The Kier molecular flexibility index (Phi) is 52.4. The molecule has 64 heavy (non-hydrogen) atoms. The van der Waals surface area contributed by atoms with E-state index >= 15 is 0 Å². The molecule has 0 bridgehead atoms. The van der Waals surface area contributed by atoms with Crippen molar-refractivity contribution in [3.8, 4) is 0 Å². The molecule has 0 fully saturated rings. The molecule has 0 aromatic heterocycles. The molecule has 0 radical (unpaired) electrons.